The van der Waals surface area contributed by atoms with Crippen LogP contribution < -0.4 is 20.4 Å². The second kappa shape index (κ2) is 58.9. The fourth-order valence-corrected chi connectivity index (χ4v) is 4.27. The van der Waals surface area contributed by atoms with Crippen LogP contribution >= 0.6 is 0 Å². The van der Waals surface area contributed by atoms with E-state index in [0.717, 1.165) is 51.0 Å². The molecular weight excluding hydrogens is 1200 g/mol. The standard InChI is InChI=1S/C6H8O7.4C6H10O4.4C5H14NO.C5H10O3/c7-3(8)1-6(13,5(11)12)2-4(9)10;4*1-3-5(6(8)9)10-4(2)7;4*1-6(2,3)4-5-7;1-4(3-6)2-5(7)8/h13H,1-2H2,(H,7,8)(H,9,10)(H,11,12);4*5H,3H2,1-2H3,(H,8,9);4*7H,4-5H2,1-3H3;4,6H,2-3H2,1H3,(H,7,8)/q;;;;;4*+1;/p-4. The van der Waals surface area contributed by atoms with Gasteiger partial charge < -0.3 is 128 Å². The maximum Gasteiger partial charge on any atom is 0.345 e. The summed E-state index contributed by atoms with van der Waals surface area (Å²) in [5.74, 6) is -13.9. The number of rotatable bonds is 28. The summed E-state index contributed by atoms with van der Waals surface area (Å²) in [4.78, 5) is 121. The molecule has 0 amide bonds. The van der Waals surface area contributed by atoms with Crippen LogP contribution in [0.4, 0.5) is 0 Å². The van der Waals surface area contributed by atoms with Crippen LogP contribution in [0.5, 0.6) is 0 Å². The summed E-state index contributed by atoms with van der Waals surface area (Å²) >= 11 is 0. The highest BCUT2D eigenvalue weighted by molar-refractivity contribution is 5.86. The van der Waals surface area contributed by atoms with Crippen LogP contribution in [0.25, 0.3) is 0 Å². The van der Waals surface area contributed by atoms with E-state index < -0.39 is 114 Å². The molecule has 5 atom stereocenters. The number of carbonyl (C=O) groups excluding carboxylic acids is 8. The third kappa shape index (κ3) is 101. The molecule has 0 aromatic rings. The van der Waals surface area contributed by atoms with Crippen molar-refractivity contribution >= 4 is 71.6 Å². The lowest BCUT2D eigenvalue weighted by Gasteiger charge is -2.29. The molecule has 0 heterocycles. The van der Waals surface area contributed by atoms with Crippen molar-refractivity contribution in [3.8, 4) is 0 Å². The number of nitrogens with zero attached hydrogens (tertiary/aromatic N) is 4. The molecule has 0 saturated heterocycles. The number of aliphatic carboxylic acids is 8. The summed E-state index contributed by atoms with van der Waals surface area (Å²) in [5, 5.41) is 124. The van der Waals surface area contributed by atoms with E-state index in [-0.39, 0.29) is 51.8 Å². The highest BCUT2D eigenvalue weighted by Gasteiger charge is 2.29. The quantitative estimate of drug-likeness (QED) is 0.0198. The minimum atomic E-state index is -2.97. The number of aliphatic hydroxyl groups excluding tert-OH is 5. The normalized spacial score (nSPS) is 12.0. The molecule has 0 bridgehead atoms. The fourth-order valence-electron chi connectivity index (χ4n) is 4.27. The Balaban J connectivity index is -0.0000000980. The molecule has 0 aliphatic rings. The molecule has 89 heavy (non-hydrogen) atoms. The van der Waals surface area contributed by atoms with Crippen molar-refractivity contribution in [2.45, 2.75) is 137 Å². The number of hydrogen-bond acceptors (Lipinski definition) is 26. The number of ether oxygens (including phenoxy) is 4. The van der Waals surface area contributed by atoms with Gasteiger partial charge in [-0.25, -0.2) is 14.4 Å². The summed E-state index contributed by atoms with van der Waals surface area (Å²) in [6.45, 7) is 17.3. The Labute approximate surface area is 523 Å². The first-order valence-corrected chi connectivity index (χ1v) is 27.4. The van der Waals surface area contributed by atoms with Crippen LogP contribution in [0.1, 0.15) is 107 Å². The summed E-state index contributed by atoms with van der Waals surface area (Å²) in [7, 11) is 24.6. The number of carboxylic acid groups (broad SMARTS) is 8. The van der Waals surface area contributed by atoms with Crippen molar-refractivity contribution < 1.29 is 166 Å². The SMILES string of the molecule is CC(CO)CC(=O)O.CCC(OC(C)=O)C(=O)O.CCC(OC(C)=O)C(=O)O.CCC(OC(C)=O)C(=O)O.CCC(OC(C)=O)C(=O)[O-].C[N+](C)(C)CCO.C[N+](C)(C)CCO.C[N+](C)(C)CCO.C[N+](C)(C)CCO.O=C([O-])CC(O)(CC(=O)[O-])C(=O)[O-]. The number of carboxylic acids is 8. The number of quaternary nitrogens is 4. The molecule has 0 aliphatic carbocycles. The topological polar surface area (TPSA) is 536 Å². The molecular formula is C55H110N4O30. The predicted octanol–water partition coefficient (Wildman–Crippen LogP) is -6.11. The van der Waals surface area contributed by atoms with Gasteiger partial charge in [0.25, 0.3) is 0 Å². The van der Waals surface area contributed by atoms with Crippen molar-refractivity contribution in [2.24, 2.45) is 5.92 Å². The second-order valence-electron chi connectivity index (χ2n) is 22.6. The van der Waals surface area contributed by atoms with E-state index in [1.807, 2.05) is 0 Å². The maximum atomic E-state index is 10.2. The average Bonchev–Trinajstić information content (AvgIpc) is 3.32. The average molecular weight is 1310 g/mol. The number of carbonyl (C=O) groups is 12. The zero-order chi connectivity index (χ0) is 73.5. The third-order valence-electron chi connectivity index (χ3n) is 8.98. The lowest BCUT2D eigenvalue weighted by molar-refractivity contribution is -0.870. The largest absolute Gasteiger partial charge is 0.550 e. The molecule has 5 unspecified atom stereocenters. The van der Waals surface area contributed by atoms with Gasteiger partial charge >= 0.3 is 47.8 Å². The number of likely N-dealkylation sites (N-methyl/N-ethyl adjacent to an activating group) is 4. The van der Waals surface area contributed by atoms with Gasteiger partial charge in [-0.1, -0.05) is 34.6 Å². The minimum Gasteiger partial charge on any atom is -0.550 e. The van der Waals surface area contributed by atoms with Gasteiger partial charge in [0.2, 0.25) is 0 Å². The summed E-state index contributed by atoms with van der Waals surface area (Å²) in [6.07, 6.45) is -5.59. The zero-order valence-electron chi connectivity index (χ0n) is 56.1. The van der Waals surface area contributed by atoms with Crippen LogP contribution in [-0.2, 0) is 76.5 Å². The molecule has 0 fully saturated rings. The first-order valence-electron chi connectivity index (χ1n) is 27.4. The summed E-state index contributed by atoms with van der Waals surface area (Å²) in [5.41, 5.74) is -2.97. The van der Waals surface area contributed by atoms with Gasteiger partial charge in [0.05, 0.1) is 129 Å². The monoisotopic (exact) mass is 1310 g/mol. The van der Waals surface area contributed by atoms with Gasteiger partial charge in [-0.15, -0.1) is 0 Å². The second-order valence-corrected chi connectivity index (χ2v) is 22.6. The van der Waals surface area contributed by atoms with Gasteiger partial charge in [-0.05, 0) is 31.6 Å². The Morgan fingerprint density at radius 2 is 0.607 bits per heavy atom. The molecule has 0 aromatic heterocycles. The predicted molar refractivity (Wildman–Crippen MR) is 309 cm³/mol. The van der Waals surface area contributed by atoms with Gasteiger partial charge in [0.15, 0.2) is 18.3 Å². The van der Waals surface area contributed by atoms with Crippen molar-refractivity contribution in [2.75, 3.05) is 144 Å². The molecule has 0 rings (SSSR count). The van der Waals surface area contributed by atoms with Crippen LogP contribution in [0.3, 0.4) is 0 Å². The highest BCUT2D eigenvalue weighted by Crippen LogP contribution is 2.13. The summed E-state index contributed by atoms with van der Waals surface area (Å²) < 4.78 is 21.0. The molecule has 0 spiro atoms. The molecule has 0 radical (unpaired) electrons. The van der Waals surface area contributed by atoms with Gasteiger partial charge in [-0.3, -0.25) is 24.0 Å². The van der Waals surface area contributed by atoms with Crippen molar-refractivity contribution in [1.29, 1.82) is 0 Å². The Morgan fingerprint density at radius 1 is 0.404 bits per heavy atom. The zero-order valence-corrected chi connectivity index (χ0v) is 56.1. The smallest absolute Gasteiger partial charge is 0.345 e. The van der Waals surface area contributed by atoms with Crippen LogP contribution in [-0.4, -0.2) is 314 Å². The summed E-state index contributed by atoms with van der Waals surface area (Å²) in [6, 6.07) is 0. The molecule has 34 heteroatoms. The first kappa shape index (κ1) is 104. The molecule has 0 saturated carbocycles. The van der Waals surface area contributed by atoms with E-state index in [1.54, 1.807) is 34.6 Å². The van der Waals surface area contributed by atoms with Crippen molar-refractivity contribution in [1.82, 2.24) is 0 Å². The lowest BCUT2D eigenvalue weighted by Crippen LogP contribution is -2.54. The number of aliphatic hydroxyl groups is 6. The maximum absolute atomic E-state index is 10.2. The Hall–Kier alpha value is -6.76. The van der Waals surface area contributed by atoms with E-state index >= 15 is 0 Å². The van der Waals surface area contributed by atoms with Gasteiger partial charge in [0.1, 0.15) is 37.9 Å². The van der Waals surface area contributed by atoms with E-state index in [0.29, 0.717) is 19.3 Å². The fraction of sp³-hybridized carbons (Fsp3) is 0.782. The van der Waals surface area contributed by atoms with Crippen LogP contribution in [0, 0.1) is 5.92 Å². The Bertz CT molecular complexity index is 1740. The van der Waals surface area contributed by atoms with E-state index in [1.165, 1.54) is 20.8 Å². The number of hydrogen-bond donors (Lipinski definition) is 10. The minimum absolute atomic E-state index is 0.0493. The Kier molecular flexibility index (Phi) is 68.8. The highest BCUT2D eigenvalue weighted by atomic mass is 16.6. The Morgan fingerprint density at radius 3 is 0.663 bits per heavy atom. The molecule has 530 valence electrons. The first-order chi connectivity index (χ1) is 40.0. The van der Waals surface area contributed by atoms with Crippen LogP contribution in [0.2, 0.25) is 0 Å². The van der Waals surface area contributed by atoms with E-state index in [9.17, 15) is 78.0 Å². The van der Waals surface area contributed by atoms with Gasteiger partial charge in [-0.2, -0.15) is 0 Å². The molecule has 34 nitrogen and oxygen atoms in total. The van der Waals surface area contributed by atoms with Crippen LogP contribution in [0.15, 0.2) is 0 Å². The van der Waals surface area contributed by atoms with E-state index in [4.69, 9.17) is 51.1 Å². The lowest BCUT2D eigenvalue weighted by atomic mass is 9.96. The van der Waals surface area contributed by atoms with Gasteiger partial charge in [0, 0.05) is 59.1 Å². The third-order valence-corrected chi connectivity index (χ3v) is 8.98. The van der Waals surface area contributed by atoms with E-state index in [2.05, 4.69) is 104 Å². The molecule has 10 N–H and O–H groups in total. The number of esters is 4. The van der Waals surface area contributed by atoms with Crippen molar-refractivity contribution in [3.63, 3.8) is 0 Å². The molecule has 0 aromatic carbocycles. The van der Waals surface area contributed by atoms with Crippen molar-refractivity contribution in [3.05, 3.63) is 0 Å². The molecule has 0 aliphatic heterocycles.